The highest BCUT2D eigenvalue weighted by Gasteiger charge is 2.15. The van der Waals surface area contributed by atoms with E-state index in [0.717, 1.165) is 0 Å². The summed E-state index contributed by atoms with van der Waals surface area (Å²) in [5.41, 5.74) is 0.669. The molecule has 0 bridgehead atoms. The summed E-state index contributed by atoms with van der Waals surface area (Å²) in [6.45, 7) is 0. The van der Waals surface area contributed by atoms with Gasteiger partial charge in [-0.15, -0.1) is 0 Å². The first-order chi connectivity index (χ1) is 8.93. The van der Waals surface area contributed by atoms with Crippen molar-refractivity contribution in [3.63, 3.8) is 0 Å². The lowest BCUT2D eigenvalue weighted by Crippen LogP contribution is -2.24. The van der Waals surface area contributed by atoms with Gasteiger partial charge in [-0.3, -0.25) is 4.55 Å². The third kappa shape index (κ3) is 2.83. The van der Waals surface area contributed by atoms with E-state index in [4.69, 9.17) is 12.2 Å². The maximum atomic E-state index is 11.3. The molecule has 7 heteroatoms. The summed E-state index contributed by atoms with van der Waals surface area (Å²) in [6, 6.07) is 9.78. The van der Waals surface area contributed by atoms with Gasteiger partial charge in [-0.25, -0.2) is 0 Å². The van der Waals surface area contributed by atoms with Crippen molar-refractivity contribution in [3.05, 3.63) is 36.4 Å². The standard InChI is InChI=1S/C12H12N2O3S2/c1-13-12(18)14-10-6-7-11(19(15,16)17)9-5-3-2-4-8(9)10/h2-7H,1H3,(H2,13,14,18)(H,15,16,17). The number of rotatable bonds is 2. The van der Waals surface area contributed by atoms with Crippen molar-refractivity contribution in [3.8, 4) is 0 Å². The van der Waals surface area contributed by atoms with Crippen LogP contribution in [0.3, 0.4) is 0 Å². The molecule has 0 fully saturated rings. The number of thiocarbonyl (C=S) groups is 1. The Kier molecular flexibility index (Phi) is 3.70. The van der Waals surface area contributed by atoms with Crippen LogP contribution in [-0.2, 0) is 10.1 Å². The first-order valence-electron chi connectivity index (χ1n) is 5.41. The van der Waals surface area contributed by atoms with Crippen LogP contribution < -0.4 is 10.6 Å². The fraction of sp³-hybridized carbons (Fsp3) is 0.0833. The zero-order chi connectivity index (χ0) is 14.0. The van der Waals surface area contributed by atoms with Crippen molar-refractivity contribution in [1.29, 1.82) is 0 Å². The van der Waals surface area contributed by atoms with Crippen LogP contribution in [0, 0.1) is 0 Å². The van der Waals surface area contributed by atoms with Crippen LogP contribution in [0.1, 0.15) is 0 Å². The highest BCUT2D eigenvalue weighted by molar-refractivity contribution is 7.86. The SMILES string of the molecule is CNC(=S)Nc1ccc(S(=O)(=O)O)c2ccccc12. The summed E-state index contributed by atoms with van der Waals surface area (Å²) in [4.78, 5) is -0.121. The number of anilines is 1. The largest absolute Gasteiger partial charge is 0.366 e. The maximum absolute atomic E-state index is 11.3. The van der Waals surface area contributed by atoms with Gasteiger partial charge in [0.1, 0.15) is 4.90 Å². The summed E-state index contributed by atoms with van der Waals surface area (Å²) >= 11 is 5.02. The van der Waals surface area contributed by atoms with Gasteiger partial charge in [-0.05, 0) is 24.4 Å². The molecule has 0 amide bonds. The maximum Gasteiger partial charge on any atom is 0.295 e. The Bertz CT molecular complexity index is 742. The van der Waals surface area contributed by atoms with Crippen molar-refractivity contribution in [2.45, 2.75) is 4.90 Å². The summed E-state index contributed by atoms with van der Waals surface area (Å²) in [5, 5.41) is 7.25. The van der Waals surface area contributed by atoms with Gasteiger partial charge in [0, 0.05) is 23.5 Å². The molecular formula is C12H12N2O3S2. The molecule has 0 heterocycles. The summed E-state index contributed by atoms with van der Waals surface area (Å²) in [5.74, 6) is 0. The lowest BCUT2D eigenvalue weighted by atomic mass is 10.1. The molecule has 0 aliphatic rings. The molecular weight excluding hydrogens is 284 g/mol. The van der Waals surface area contributed by atoms with Crippen LogP contribution in [0.25, 0.3) is 10.8 Å². The first-order valence-corrected chi connectivity index (χ1v) is 7.26. The average molecular weight is 296 g/mol. The van der Waals surface area contributed by atoms with E-state index in [2.05, 4.69) is 10.6 Å². The molecule has 3 N–H and O–H groups in total. The van der Waals surface area contributed by atoms with Gasteiger partial charge in [0.15, 0.2) is 5.11 Å². The van der Waals surface area contributed by atoms with Gasteiger partial charge < -0.3 is 10.6 Å². The predicted molar refractivity (Wildman–Crippen MR) is 79.0 cm³/mol. The highest BCUT2D eigenvalue weighted by atomic mass is 32.2. The Labute approximate surface area is 116 Å². The Morgan fingerprint density at radius 2 is 1.79 bits per heavy atom. The summed E-state index contributed by atoms with van der Waals surface area (Å²) < 4.78 is 31.9. The van der Waals surface area contributed by atoms with E-state index >= 15 is 0 Å². The molecule has 0 aliphatic carbocycles. The van der Waals surface area contributed by atoms with E-state index in [-0.39, 0.29) is 4.90 Å². The van der Waals surface area contributed by atoms with E-state index in [9.17, 15) is 13.0 Å². The zero-order valence-electron chi connectivity index (χ0n) is 10.0. The second-order valence-electron chi connectivity index (χ2n) is 3.84. The van der Waals surface area contributed by atoms with E-state index in [1.165, 1.54) is 6.07 Å². The fourth-order valence-electron chi connectivity index (χ4n) is 1.79. The second kappa shape index (κ2) is 5.12. The van der Waals surface area contributed by atoms with Crippen molar-refractivity contribution in [2.24, 2.45) is 0 Å². The number of hydrogen-bond acceptors (Lipinski definition) is 3. The average Bonchev–Trinajstić information content (AvgIpc) is 2.37. The minimum atomic E-state index is -4.26. The number of benzene rings is 2. The molecule has 0 saturated carbocycles. The minimum absolute atomic E-state index is 0.121. The molecule has 0 aliphatic heterocycles. The first kappa shape index (κ1) is 13.7. The van der Waals surface area contributed by atoms with Gasteiger partial charge in [0.2, 0.25) is 0 Å². The van der Waals surface area contributed by atoms with Crippen LogP contribution in [-0.4, -0.2) is 25.1 Å². The predicted octanol–water partition coefficient (Wildman–Crippen LogP) is 2.00. The molecule has 2 aromatic rings. The van der Waals surface area contributed by atoms with Crippen LogP contribution in [0.15, 0.2) is 41.3 Å². The van der Waals surface area contributed by atoms with Crippen molar-refractivity contribution in [2.75, 3.05) is 12.4 Å². The molecule has 0 radical (unpaired) electrons. The Morgan fingerprint density at radius 3 is 2.37 bits per heavy atom. The molecule has 2 rings (SSSR count). The molecule has 19 heavy (non-hydrogen) atoms. The molecule has 0 spiro atoms. The van der Waals surface area contributed by atoms with Crippen LogP contribution in [0.5, 0.6) is 0 Å². The van der Waals surface area contributed by atoms with Crippen molar-refractivity contribution < 1.29 is 13.0 Å². The van der Waals surface area contributed by atoms with Crippen molar-refractivity contribution >= 4 is 43.9 Å². The van der Waals surface area contributed by atoms with Crippen LogP contribution >= 0.6 is 12.2 Å². The molecule has 0 saturated heterocycles. The third-order valence-electron chi connectivity index (χ3n) is 2.64. The normalized spacial score (nSPS) is 11.3. The van der Waals surface area contributed by atoms with Gasteiger partial charge in [0.25, 0.3) is 10.1 Å². The highest BCUT2D eigenvalue weighted by Crippen LogP contribution is 2.29. The Hall–Kier alpha value is -1.70. The molecule has 0 atom stereocenters. The van der Waals surface area contributed by atoms with E-state index < -0.39 is 10.1 Å². The molecule has 0 unspecified atom stereocenters. The smallest absolute Gasteiger partial charge is 0.295 e. The quantitative estimate of drug-likeness (QED) is 0.581. The van der Waals surface area contributed by atoms with Gasteiger partial charge in [-0.2, -0.15) is 8.42 Å². The van der Waals surface area contributed by atoms with Crippen molar-refractivity contribution in [1.82, 2.24) is 5.32 Å². The summed E-state index contributed by atoms with van der Waals surface area (Å²) in [7, 11) is -2.57. The minimum Gasteiger partial charge on any atom is -0.366 e. The topological polar surface area (TPSA) is 78.4 Å². The van der Waals surface area contributed by atoms with Gasteiger partial charge in [0.05, 0.1) is 0 Å². The number of fused-ring (bicyclic) bond motifs is 1. The van der Waals surface area contributed by atoms with Crippen LogP contribution in [0.4, 0.5) is 5.69 Å². The second-order valence-corrected chi connectivity index (χ2v) is 5.63. The van der Waals surface area contributed by atoms with E-state index in [0.29, 0.717) is 21.6 Å². The molecule has 2 aromatic carbocycles. The van der Waals surface area contributed by atoms with Crippen LogP contribution in [0.2, 0.25) is 0 Å². The summed E-state index contributed by atoms with van der Waals surface area (Å²) in [6.07, 6.45) is 0. The van der Waals surface area contributed by atoms with E-state index in [1.807, 2.05) is 0 Å². The lowest BCUT2D eigenvalue weighted by Gasteiger charge is -2.12. The molecule has 0 aromatic heterocycles. The third-order valence-corrected chi connectivity index (χ3v) is 3.86. The Balaban J connectivity index is 2.69. The zero-order valence-corrected chi connectivity index (χ0v) is 11.7. The fourth-order valence-corrected chi connectivity index (χ4v) is 2.60. The molecule has 5 nitrogen and oxygen atoms in total. The number of hydrogen-bond donors (Lipinski definition) is 3. The van der Waals surface area contributed by atoms with Gasteiger partial charge >= 0.3 is 0 Å². The Morgan fingerprint density at radius 1 is 1.16 bits per heavy atom. The number of nitrogens with one attached hydrogen (secondary N) is 2. The lowest BCUT2D eigenvalue weighted by molar-refractivity contribution is 0.484. The van der Waals surface area contributed by atoms with E-state index in [1.54, 1.807) is 37.4 Å². The van der Waals surface area contributed by atoms with Gasteiger partial charge in [-0.1, -0.05) is 24.3 Å². The molecule has 100 valence electrons. The monoisotopic (exact) mass is 296 g/mol.